The summed E-state index contributed by atoms with van der Waals surface area (Å²) in [5.41, 5.74) is 1.60. The van der Waals surface area contributed by atoms with Gasteiger partial charge in [0.25, 0.3) is 5.91 Å². The van der Waals surface area contributed by atoms with Crippen LogP contribution in [0, 0.1) is 11.3 Å². The molecule has 1 aromatic heterocycles. The average Bonchev–Trinajstić information content (AvgIpc) is 2.92. The zero-order chi connectivity index (χ0) is 18.1. The van der Waals surface area contributed by atoms with E-state index in [9.17, 15) is 14.9 Å². The topological polar surface area (TPSA) is 73.2 Å². The summed E-state index contributed by atoms with van der Waals surface area (Å²) in [4.78, 5) is 26.7. The second kappa shape index (κ2) is 7.04. The highest BCUT2D eigenvalue weighted by atomic mass is 35.5. The quantitative estimate of drug-likeness (QED) is 0.834. The summed E-state index contributed by atoms with van der Waals surface area (Å²) in [7, 11) is 0. The van der Waals surface area contributed by atoms with Crippen LogP contribution in [0.2, 0.25) is 10.0 Å². The molecule has 25 heavy (non-hydrogen) atoms. The number of hydrogen-bond acceptors (Lipinski definition) is 4. The van der Waals surface area contributed by atoms with Crippen molar-refractivity contribution < 1.29 is 9.59 Å². The van der Waals surface area contributed by atoms with Crippen molar-refractivity contribution in [1.82, 2.24) is 4.90 Å². The molecule has 0 aliphatic carbocycles. The van der Waals surface area contributed by atoms with Gasteiger partial charge in [-0.1, -0.05) is 23.2 Å². The number of halogens is 2. The summed E-state index contributed by atoms with van der Waals surface area (Å²) in [5.74, 6) is -0.431. The first-order valence-corrected chi connectivity index (χ1v) is 9.04. The molecule has 0 saturated carbocycles. The number of rotatable bonds is 2. The molecule has 0 fully saturated rings. The van der Waals surface area contributed by atoms with Crippen molar-refractivity contribution in [2.45, 2.75) is 19.9 Å². The van der Waals surface area contributed by atoms with E-state index >= 15 is 0 Å². The van der Waals surface area contributed by atoms with Gasteiger partial charge in [-0.05, 0) is 30.2 Å². The third kappa shape index (κ3) is 3.49. The molecule has 128 valence electrons. The molecule has 2 aromatic rings. The van der Waals surface area contributed by atoms with Gasteiger partial charge >= 0.3 is 0 Å². The number of hydrogen-bond donors (Lipinski definition) is 1. The number of thiophene rings is 1. The standard InChI is InChI=1S/C17H13Cl2N3O2S/c1-9(23)22-5-4-11-13(7-20)17(25-15(11)8-22)21-16(24)12-6-10(18)2-3-14(12)19/h2-3,6H,4-5,8H2,1H3,(H,21,24). The van der Waals surface area contributed by atoms with Crippen molar-refractivity contribution in [3.63, 3.8) is 0 Å². The number of carbonyl (C=O) groups is 2. The van der Waals surface area contributed by atoms with E-state index in [0.717, 1.165) is 10.4 Å². The van der Waals surface area contributed by atoms with Crippen LogP contribution in [-0.4, -0.2) is 23.3 Å². The van der Waals surface area contributed by atoms with E-state index < -0.39 is 5.91 Å². The highest BCUT2D eigenvalue weighted by molar-refractivity contribution is 7.16. The summed E-state index contributed by atoms with van der Waals surface area (Å²) < 4.78 is 0. The number of fused-ring (bicyclic) bond motifs is 1. The Labute approximate surface area is 158 Å². The molecule has 0 atom stereocenters. The average molecular weight is 394 g/mol. The molecule has 2 heterocycles. The maximum absolute atomic E-state index is 12.5. The Morgan fingerprint density at radius 1 is 1.36 bits per heavy atom. The van der Waals surface area contributed by atoms with Gasteiger partial charge in [0, 0.05) is 23.4 Å². The van der Waals surface area contributed by atoms with Gasteiger partial charge in [0.2, 0.25) is 5.91 Å². The molecule has 0 bridgehead atoms. The first-order valence-electron chi connectivity index (χ1n) is 7.47. The van der Waals surface area contributed by atoms with Crippen molar-refractivity contribution in [1.29, 1.82) is 5.26 Å². The maximum atomic E-state index is 12.5. The Hall–Kier alpha value is -2.07. The molecule has 0 saturated heterocycles. The van der Waals surface area contributed by atoms with Crippen molar-refractivity contribution in [3.05, 3.63) is 49.8 Å². The van der Waals surface area contributed by atoms with Crippen LogP contribution in [0.3, 0.4) is 0 Å². The van der Waals surface area contributed by atoms with Crippen LogP contribution in [0.25, 0.3) is 0 Å². The van der Waals surface area contributed by atoms with Crippen LogP contribution in [0.4, 0.5) is 5.00 Å². The van der Waals surface area contributed by atoms with Gasteiger partial charge < -0.3 is 10.2 Å². The summed E-state index contributed by atoms with van der Waals surface area (Å²) in [6, 6.07) is 6.79. The smallest absolute Gasteiger partial charge is 0.257 e. The SMILES string of the molecule is CC(=O)N1CCc2c(sc(NC(=O)c3cc(Cl)ccc3Cl)c2C#N)C1. The fraction of sp³-hybridized carbons (Fsp3) is 0.235. The Bertz CT molecular complexity index is 917. The van der Waals surface area contributed by atoms with Crippen molar-refractivity contribution in [2.75, 3.05) is 11.9 Å². The lowest BCUT2D eigenvalue weighted by Gasteiger charge is -2.25. The van der Waals surface area contributed by atoms with Crippen LogP contribution in [0.15, 0.2) is 18.2 Å². The van der Waals surface area contributed by atoms with Crippen molar-refractivity contribution in [2.24, 2.45) is 0 Å². The van der Waals surface area contributed by atoms with E-state index in [-0.39, 0.29) is 16.5 Å². The number of nitrogens with one attached hydrogen (secondary N) is 1. The lowest BCUT2D eigenvalue weighted by molar-refractivity contribution is -0.129. The summed E-state index contributed by atoms with van der Waals surface area (Å²) >= 11 is 13.3. The van der Waals surface area contributed by atoms with Gasteiger partial charge in [0.05, 0.1) is 22.7 Å². The summed E-state index contributed by atoms with van der Waals surface area (Å²) in [5, 5.41) is 13.4. The van der Waals surface area contributed by atoms with E-state index in [1.807, 2.05) is 0 Å². The van der Waals surface area contributed by atoms with E-state index in [0.29, 0.717) is 35.1 Å². The van der Waals surface area contributed by atoms with Crippen LogP contribution in [-0.2, 0) is 17.8 Å². The van der Waals surface area contributed by atoms with E-state index in [2.05, 4.69) is 11.4 Å². The van der Waals surface area contributed by atoms with Gasteiger partial charge in [0.15, 0.2) is 0 Å². The van der Waals surface area contributed by atoms with Gasteiger partial charge in [-0.2, -0.15) is 5.26 Å². The molecule has 8 heteroatoms. The lowest BCUT2D eigenvalue weighted by Crippen LogP contribution is -2.33. The molecular weight excluding hydrogens is 381 g/mol. The van der Waals surface area contributed by atoms with E-state index in [4.69, 9.17) is 23.2 Å². The predicted molar refractivity (Wildman–Crippen MR) is 98.2 cm³/mol. The molecular formula is C17H13Cl2N3O2S. The van der Waals surface area contributed by atoms with Crippen molar-refractivity contribution in [3.8, 4) is 6.07 Å². The van der Waals surface area contributed by atoms with Crippen LogP contribution in [0.5, 0.6) is 0 Å². The maximum Gasteiger partial charge on any atom is 0.257 e. The molecule has 0 spiro atoms. The van der Waals surface area contributed by atoms with E-state index in [1.165, 1.54) is 24.3 Å². The van der Waals surface area contributed by atoms with E-state index in [1.54, 1.807) is 17.0 Å². The van der Waals surface area contributed by atoms with Gasteiger partial charge in [0.1, 0.15) is 11.1 Å². The largest absolute Gasteiger partial charge is 0.337 e. The molecule has 1 aromatic carbocycles. The molecule has 3 rings (SSSR count). The monoisotopic (exact) mass is 393 g/mol. The second-order valence-electron chi connectivity index (χ2n) is 5.59. The molecule has 2 amide bonds. The fourth-order valence-electron chi connectivity index (χ4n) is 2.72. The van der Waals surface area contributed by atoms with Crippen LogP contribution >= 0.6 is 34.5 Å². The Morgan fingerprint density at radius 3 is 2.80 bits per heavy atom. The Kier molecular flexibility index (Phi) is 5.00. The third-order valence-electron chi connectivity index (χ3n) is 4.01. The Balaban J connectivity index is 1.91. The summed E-state index contributed by atoms with van der Waals surface area (Å²) in [6.07, 6.45) is 0.599. The predicted octanol–water partition coefficient (Wildman–Crippen LogP) is 4.08. The first-order chi connectivity index (χ1) is 11.9. The molecule has 0 unspecified atom stereocenters. The number of carbonyl (C=O) groups excluding carboxylic acids is 2. The molecule has 1 aliphatic rings. The zero-order valence-corrected chi connectivity index (χ0v) is 15.6. The molecule has 0 radical (unpaired) electrons. The van der Waals surface area contributed by atoms with Crippen molar-refractivity contribution >= 4 is 51.4 Å². The number of amides is 2. The van der Waals surface area contributed by atoms with Crippen LogP contribution < -0.4 is 5.32 Å². The highest BCUT2D eigenvalue weighted by Gasteiger charge is 2.26. The normalized spacial score (nSPS) is 13.1. The third-order valence-corrected chi connectivity index (χ3v) is 5.71. The lowest BCUT2D eigenvalue weighted by atomic mass is 10.0. The minimum Gasteiger partial charge on any atom is -0.337 e. The molecule has 5 nitrogen and oxygen atoms in total. The second-order valence-corrected chi connectivity index (χ2v) is 7.54. The van der Waals surface area contributed by atoms with Gasteiger partial charge in [-0.25, -0.2) is 0 Å². The Morgan fingerprint density at radius 2 is 2.12 bits per heavy atom. The molecule has 1 aliphatic heterocycles. The van der Waals surface area contributed by atoms with Crippen LogP contribution in [0.1, 0.15) is 33.3 Å². The number of nitrogens with zero attached hydrogens (tertiary/aromatic N) is 2. The minimum atomic E-state index is -0.425. The zero-order valence-electron chi connectivity index (χ0n) is 13.2. The summed E-state index contributed by atoms with van der Waals surface area (Å²) in [6.45, 7) is 2.55. The van der Waals surface area contributed by atoms with Gasteiger partial charge in [-0.15, -0.1) is 11.3 Å². The minimum absolute atomic E-state index is 0.00569. The first kappa shape index (κ1) is 17.7. The highest BCUT2D eigenvalue weighted by Crippen LogP contribution is 2.37. The number of benzene rings is 1. The number of anilines is 1. The number of nitriles is 1. The molecule has 1 N–H and O–H groups in total. The fourth-order valence-corrected chi connectivity index (χ4v) is 4.30. The van der Waals surface area contributed by atoms with Gasteiger partial charge in [-0.3, -0.25) is 9.59 Å².